The van der Waals surface area contributed by atoms with Crippen LogP contribution >= 0.6 is 22.7 Å². The van der Waals surface area contributed by atoms with Gasteiger partial charge >= 0.3 is 0 Å². The first-order valence-corrected chi connectivity index (χ1v) is 27.4. The van der Waals surface area contributed by atoms with Crippen molar-refractivity contribution in [3.05, 3.63) is 227 Å². The summed E-state index contributed by atoms with van der Waals surface area (Å²) in [5.41, 5.74) is 1.69. The average Bonchev–Trinajstić information content (AvgIpc) is 1.49. The lowest BCUT2D eigenvalue weighted by Crippen LogP contribution is -2.17. The highest BCUT2D eigenvalue weighted by Gasteiger charge is 2.36. The highest BCUT2D eigenvalue weighted by molar-refractivity contribution is 7.27. The fourth-order valence-corrected chi connectivity index (χ4v) is 15.1. The molecular formula is C72H44N6S2. The van der Waals surface area contributed by atoms with Gasteiger partial charge in [0.2, 0.25) is 0 Å². The van der Waals surface area contributed by atoms with E-state index in [9.17, 15) is 32.5 Å². The van der Waals surface area contributed by atoms with E-state index in [1.54, 1.807) is 9.13 Å². The van der Waals surface area contributed by atoms with E-state index in [1.807, 2.05) is 125 Å². The molecule has 0 fully saturated rings. The number of benzene rings is 11. The van der Waals surface area contributed by atoms with Crippen LogP contribution in [0.15, 0.2) is 194 Å². The highest BCUT2D eigenvalue weighted by atomic mass is 32.1. The maximum absolute atomic E-state index is 13.3. The van der Waals surface area contributed by atoms with E-state index >= 15 is 0 Å². The molecule has 0 aliphatic carbocycles. The van der Waals surface area contributed by atoms with Crippen LogP contribution in [-0.4, -0.2) is 18.3 Å². The van der Waals surface area contributed by atoms with E-state index in [0.717, 1.165) is 53.2 Å². The monoisotopic (exact) mass is 1070 g/mol. The Balaban J connectivity index is 1.29. The number of para-hydroxylation sites is 4. The van der Waals surface area contributed by atoms with Gasteiger partial charge in [-0.3, -0.25) is 0 Å². The predicted octanol–water partition coefficient (Wildman–Crippen LogP) is 19.8. The molecule has 0 saturated carbocycles. The van der Waals surface area contributed by atoms with E-state index in [-0.39, 0.29) is 66.4 Å². The summed E-state index contributed by atoms with van der Waals surface area (Å²) in [6.07, 6.45) is 0. The molecule has 8 heteroatoms. The number of aryl methyl sites for hydroxylation is 4. The van der Waals surface area contributed by atoms with Crippen LogP contribution in [0.25, 0.3) is 150 Å². The van der Waals surface area contributed by atoms with Crippen LogP contribution in [0, 0.1) is 50.4 Å². The summed E-state index contributed by atoms with van der Waals surface area (Å²) in [6.45, 7) is 7.73. The molecule has 0 bridgehead atoms. The standard InChI is InChI=1S/C72H44N6S2/c1-39-33-53-49-29-31-51-47-21-9-15-27-63(47)79-71(51)69(49)77(61(53)35-41(39)3)67-55(37-73)66(76-59-25-13-7-19-45(59)46-20-8-14-26-60(46)76)68(56(38-74)65(67)75-57-23-11-5-17-43(57)44-18-6-12-24-58(44)75)78-62-36-42(4)40(2)34-54(62)50-30-32-52-48-22-10-16-28-64(48)80-72(52)70(50)78/h5-36H,1-4H3/i5D,6D,7D,8D,11D,12D,13D,14D,17D,18D,19D,20D,23D,24D,25D,26D. The second-order valence-corrected chi connectivity index (χ2v) is 22.5. The molecule has 6 nitrogen and oxygen atoms in total. The summed E-state index contributed by atoms with van der Waals surface area (Å²) in [7, 11) is 0. The van der Waals surface area contributed by atoms with Crippen LogP contribution in [-0.2, 0) is 0 Å². The minimum atomic E-state index is -0.756. The zero-order chi connectivity index (χ0) is 67.3. The van der Waals surface area contributed by atoms with Crippen LogP contribution in [0.1, 0.15) is 55.3 Å². The quantitative estimate of drug-likeness (QED) is 0.176. The molecule has 6 heterocycles. The van der Waals surface area contributed by atoms with Crippen molar-refractivity contribution in [1.29, 1.82) is 10.5 Å². The van der Waals surface area contributed by atoms with Crippen molar-refractivity contribution in [2.75, 3.05) is 0 Å². The molecule has 0 aliphatic rings. The number of hydrogen-bond donors (Lipinski definition) is 0. The normalized spacial score (nSPS) is 15.0. The summed E-state index contributed by atoms with van der Waals surface area (Å²) in [6, 6.07) is 25.1. The molecule has 0 aliphatic heterocycles. The third-order valence-corrected chi connectivity index (χ3v) is 18.7. The van der Waals surface area contributed by atoms with Crippen molar-refractivity contribution in [3.63, 3.8) is 0 Å². The van der Waals surface area contributed by atoms with Gasteiger partial charge in [-0.05, 0) is 111 Å². The Bertz CT molecular complexity index is 6190. The largest absolute Gasteiger partial charge is 0.306 e. The van der Waals surface area contributed by atoms with Crippen molar-refractivity contribution in [3.8, 4) is 34.9 Å². The van der Waals surface area contributed by atoms with Gasteiger partial charge in [-0.15, -0.1) is 22.7 Å². The first kappa shape index (κ1) is 32.1. The summed E-state index contributed by atoms with van der Waals surface area (Å²) < 4.78 is 163. The Morgan fingerprint density at radius 1 is 0.338 bits per heavy atom. The Morgan fingerprint density at radius 2 is 0.662 bits per heavy atom. The first-order chi connectivity index (χ1) is 45.9. The molecule has 80 heavy (non-hydrogen) atoms. The Kier molecular flexibility index (Phi) is 6.53. The number of hydrogen-bond acceptors (Lipinski definition) is 4. The number of nitrogens with zero attached hydrogens (tertiary/aromatic N) is 6. The molecule has 0 amide bonds. The number of fused-ring (bicyclic) bond motifs is 20. The lowest BCUT2D eigenvalue weighted by atomic mass is 9.98. The Hall–Kier alpha value is -9.96. The second kappa shape index (κ2) is 16.3. The molecule has 17 rings (SSSR count). The van der Waals surface area contributed by atoms with E-state index in [0.29, 0.717) is 53.0 Å². The van der Waals surface area contributed by atoms with E-state index < -0.39 is 108 Å². The van der Waals surface area contributed by atoms with Gasteiger partial charge in [0.1, 0.15) is 23.3 Å². The van der Waals surface area contributed by atoms with Crippen molar-refractivity contribution in [1.82, 2.24) is 18.3 Å². The molecular weight excluding hydrogens is 1010 g/mol. The average molecular weight is 1070 g/mol. The molecule has 0 N–H and O–H groups in total. The summed E-state index contributed by atoms with van der Waals surface area (Å²) in [5.74, 6) is 0. The number of thiophene rings is 2. The number of nitriles is 2. The first-order valence-electron chi connectivity index (χ1n) is 33.7. The van der Waals surface area contributed by atoms with Gasteiger partial charge < -0.3 is 18.3 Å². The molecule has 6 aromatic heterocycles. The third-order valence-electron chi connectivity index (χ3n) is 16.4. The van der Waals surface area contributed by atoms with E-state index in [4.69, 9.17) is 0 Å². The Labute approximate surface area is 488 Å². The molecule has 0 spiro atoms. The van der Waals surface area contributed by atoms with Crippen molar-refractivity contribution in [2.24, 2.45) is 0 Å². The fraction of sp³-hybridized carbons (Fsp3) is 0.0556. The maximum atomic E-state index is 13.3. The van der Waals surface area contributed by atoms with E-state index in [1.165, 1.54) is 31.8 Å². The van der Waals surface area contributed by atoms with Gasteiger partial charge in [0.05, 0.1) is 98.2 Å². The number of rotatable bonds is 4. The lowest BCUT2D eigenvalue weighted by Gasteiger charge is -2.27. The van der Waals surface area contributed by atoms with E-state index in [2.05, 4.69) is 12.1 Å². The van der Waals surface area contributed by atoms with Crippen LogP contribution in [0.3, 0.4) is 0 Å². The Morgan fingerprint density at radius 3 is 1.04 bits per heavy atom. The second-order valence-electron chi connectivity index (χ2n) is 20.4. The van der Waals surface area contributed by atoms with Gasteiger partial charge in [0.15, 0.2) is 0 Å². The minimum absolute atomic E-state index is 0.212. The lowest BCUT2D eigenvalue weighted by molar-refractivity contribution is 1.03. The fourth-order valence-electron chi connectivity index (χ4n) is 12.6. The van der Waals surface area contributed by atoms with Crippen LogP contribution in [0.2, 0.25) is 0 Å². The smallest absolute Gasteiger partial charge is 0.104 e. The van der Waals surface area contributed by atoms with Gasteiger partial charge in [-0.25, -0.2) is 0 Å². The molecule has 0 radical (unpaired) electrons. The van der Waals surface area contributed by atoms with Gasteiger partial charge in [-0.2, -0.15) is 10.5 Å². The van der Waals surface area contributed by atoms with Gasteiger partial charge in [-0.1, -0.05) is 133 Å². The molecule has 17 aromatic rings. The van der Waals surface area contributed by atoms with Crippen molar-refractivity contribution >= 4 is 150 Å². The predicted molar refractivity (Wildman–Crippen MR) is 338 cm³/mol. The van der Waals surface area contributed by atoms with Crippen LogP contribution < -0.4 is 0 Å². The zero-order valence-electron chi connectivity index (χ0n) is 58.7. The summed E-state index contributed by atoms with van der Waals surface area (Å²) >= 11 is 2.89. The van der Waals surface area contributed by atoms with Gasteiger partial charge in [0, 0.05) is 74.0 Å². The third kappa shape index (κ3) is 5.78. The van der Waals surface area contributed by atoms with Gasteiger partial charge in [0.25, 0.3) is 0 Å². The van der Waals surface area contributed by atoms with Crippen LogP contribution in [0.4, 0.5) is 0 Å². The summed E-state index contributed by atoms with van der Waals surface area (Å²) in [5, 5.41) is 31.2. The molecule has 0 unspecified atom stereocenters. The number of aromatic nitrogens is 4. The highest BCUT2D eigenvalue weighted by Crippen LogP contribution is 2.52. The topological polar surface area (TPSA) is 67.3 Å². The molecule has 0 saturated heterocycles. The summed E-state index contributed by atoms with van der Waals surface area (Å²) in [4.78, 5) is 0. The SMILES string of the molecule is [2H]c1c([2H])c([2H])c2c(c1[2H])c1c([2H])c([2H])c([2H])c([2H])c1n2-c1c(C#N)c(-n2c3cc(C)c(C)cc3c3ccc4c5ccccc5sc4c32)c(-n2c3c([2H])c([2H])c([2H])c([2H])c3c3c([2H])c([2H])c([2H])c([2H])c32)c(C#N)c1-n1c2cc(C)c(C)cc2c2ccc3c4ccccc4sc3c21. The molecule has 374 valence electrons. The molecule has 0 atom stereocenters. The minimum Gasteiger partial charge on any atom is -0.306 e. The maximum Gasteiger partial charge on any atom is 0.104 e. The zero-order valence-corrected chi connectivity index (χ0v) is 44.4. The van der Waals surface area contributed by atoms with Crippen molar-refractivity contribution in [2.45, 2.75) is 27.7 Å². The molecule has 11 aromatic carbocycles. The van der Waals surface area contributed by atoms with Crippen molar-refractivity contribution < 1.29 is 21.9 Å². The van der Waals surface area contributed by atoms with Crippen LogP contribution in [0.5, 0.6) is 0 Å².